The van der Waals surface area contributed by atoms with Crippen molar-refractivity contribution in [3.8, 4) is 0 Å². The van der Waals surface area contributed by atoms with Crippen LogP contribution < -0.4 is 0 Å². The van der Waals surface area contributed by atoms with Gasteiger partial charge in [0.25, 0.3) is 0 Å². The molecule has 5 nitrogen and oxygen atoms in total. The lowest BCUT2D eigenvalue weighted by Crippen LogP contribution is -2.35. The number of aryl methyl sites for hydroxylation is 1. The van der Waals surface area contributed by atoms with Crippen molar-refractivity contribution >= 4 is 15.8 Å². The fourth-order valence-corrected chi connectivity index (χ4v) is 4.42. The zero-order valence-electron chi connectivity index (χ0n) is 14.1. The Morgan fingerprint density at radius 1 is 1.08 bits per heavy atom. The fourth-order valence-electron chi connectivity index (χ4n) is 3.16. The quantitative estimate of drug-likeness (QED) is 0.888. The normalized spacial score (nSPS) is 18.4. The van der Waals surface area contributed by atoms with Crippen molar-refractivity contribution in [2.24, 2.45) is 0 Å². The minimum absolute atomic E-state index is 0.247. The van der Waals surface area contributed by atoms with Gasteiger partial charge in [-0.25, -0.2) is 8.42 Å². The molecule has 2 aromatic rings. The molecular weight excluding hydrogens is 338 g/mol. The van der Waals surface area contributed by atoms with E-state index in [0.29, 0.717) is 13.0 Å². The van der Waals surface area contributed by atoms with Gasteiger partial charge in [0.2, 0.25) is 9.84 Å². The van der Waals surface area contributed by atoms with E-state index >= 15 is 0 Å². The van der Waals surface area contributed by atoms with Gasteiger partial charge in [0.1, 0.15) is 6.04 Å². The number of carboxylic acid groups (broad SMARTS) is 1. The molecule has 1 fully saturated rings. The van der Waals surface area contributed by atoms with Gasteiger partial charge >= 0.3 is 5.97 Å². The number of rotatable bonds is 5. The van der Waals surface area contributed by atoms with E-state index in [1.807, 2.05) is 11.8 Å². The lowest BCUT2D eigenvalue weighted by atomic mass is 10.2. The van der Waals surface area contributed by atoms with Gasteiger partial charge in [-0.05, 0) is 56.1 Å². The van der Waals surface area contributed by atoms with Crippen molar-refractivity contribution in [1.82, 2.24) is 4.90 Å². The third-order valence-electron chi connectivity index (χ3n) is 4.60. The van der Waals surface area contributed by atoms with Gasteiger partial charge < -0.3 is 5.11 Å². The van der Waals surface area contributed by atoms with Gasteiger partial charge in [0.15, 0.2) is 0 Å². The number of aliphatic carboxylic acids is 1. The summed E-state index contributed by atoms with van der Waals surface area (Å²) in [6.45, 7) is 3.18. The third kappa shape index (κ3) is 3.75. The molecule has 1 N–H and O–H groups in total. The molecule has 1 saturated heterocycles. The van der Waals surface area contributed by atoms with Crippen LogP contribution in [0.4, 0.5) is 0 Å². The molecule has 25 heavy (non-hydrogen) atoms. The van der Waals surface area contributed by atoms with Gasteiger partial charge in [-0.1, -0.05) is 29.8 Å². The SMILES string of the molecule is Cc1ccc(S(=O)(=O)c2ccc(CN3CCC[C@@H]3C(=O)O)cc2)cc1. The first-order chi connectivity index (χ1) is 11.9. The molecule has 0 radical (unpaired) electrons. The Morgan fingerprint density at radius 2 is 1.64 bits per heavy atom. The van der Waals surface area contributed by atoms with E-state index in [1.165, 1.54) is 0 Å². The van der Waals surface area contributed by atoms with Crippen LogP contribution in [-0.4, -0.2) is 37.0 Å². The van der Waals surface area contributed by atoms with E-state index in [-0.39, 0.29) is 9.79 Å². The lowest BCUT2D eigenvalue weighted by molar-refractivity contribution is -0.142. The second-order valence-corrected chi connectivity index (χ2v) is 8.38. The molecule has 0 bridgehead atoms. The summed E-state index contributed by atoms with van der Waals surface area (Å²) in [7, 11) is -3.53. The first-order valence-electron chi connectivity index (χ1n) is 8.25. The van der Waals surface area contributed by atoms with Gasteiger partial charge in [0.05, 0.1) is 9.79 Å². The monoisotopic (exact) mass is 359 g/mol. The molecule has 1 aliphatic rings. The van der Waals surface area contributed by atoms with Crippen LogP contribution in [-0.2, 0) is 21.2 Å². The molecule has 6 heteroatoms. The molecule has 2 aromatic carbocycles. The van der Waals surface area contributed by atoms with Crippen molar-refractivity contribution in [3.63, 3.8) is 0 Å². The maximum absolute atomic E-state index is 12.7. The van der Waals surface area contributed by atoms with Gasteiger partial charge in [-0.15, -0.1) is 0 Å². The summed E-state index contributed by atoms with van der Waals surface area (Å²) in [4.78, 5) is 13.7. The zero-order chi connectivity index (χ0) is 18.0. The van der Waals surface area contributed by atoms with Crippen LogP contribution in [0.5, 0.6) is 0 Å². The molecule has 3 rings (SSSR count). The Labute approximate surface area is 147 Å². The Bertz CT molecular complexity index is 857. The van der Waals surface area contributed by atoms with Crippen LogP contribution in [0.1, 0.15) is 24.0 Å². The number of carbonyl (C=O) groups is 1. The van der Waals surface area contributed by atoms with Crippen molar-refractivity contribution in [2.45, 2.75) is 42.1 Å². The molecule has 0 aliphatic carbocycles. The summed E-state index contributed by atoms with van der Waals surface area (Å²) in [6.07, 6.45) is 1.53. The predicted molar refractivity (Wildman–Crippen MR) is 94.1 cm³/mol. The van der Waals surface area contributed by atoms with Gasteiger partial charge in [-0.2, -0.15) is 0 Å². The molecule has 0 aromatic heterocycles. The highest BCUT2D eigenvalue weighted by atomic mass is 32.2. The van der Waals surface area contributed by atoms with E-state index in [9.17, 15) is 18.3 Å². The predicted octanol–water partition coefficient (Wildman–Crippen LogP) is 2.88. The van der Waals surface area contributed by atoms with Crippen molar-refractivity contribution in [2.75, 3.05) is 6.54 Å². The van der Waals surface area contributed by atoms with Gasteiger partial charge in [-0.3, -0.25) is 9.69 Å². The topological polar surface area (TPSA) is 74.7 Å². The highest BCUT2D eigenvalue weighted by molar-refractivity contribution is 7.91. The second-order valence-electron chi connectivity index (χ2n) is 6.43. The molecule has 0 spiro atoms. The van der Waals surface area contributed by atoms with Crippen LogP contribution in [0.3, 0.4) is 0 Å². The molecule has 132 valence electrons. The van der Waals surface area contributed by atoms with E-state index < -0.39 is 21.8 Å². The van der Waals surface area contributed by atoms with Crippen molar-refractivity contribution < 1.29 is 18.3 Å². The minimum atomic E-state index is -3.53. The zero-order valence-corrected chi connectivity index (χ0v) is 14.9. The summed E-state index contributed by atoms with van der Waals surface area (Å²) in [5, 5.41) is 9.24. The second kappa shape index (κ2) is 6.98. The number of nitrogens with zero attached hydrogens (tertiary/aromatic N) is 1. The summed E-state index contributed by atoms with van der Waals surface area (Å²) in [5.74, 6) is -0.795. The van der Waals surface area contributed by atoms with E-state index in [2.05, 4.69) is 0 Å². The first-order valence-corrected chi connectivity index (χ1v) is 9.74. The molecule has 1 atom stereocenters. The molecule has 0 amide bonds. The summed E-state index contributed by atoms with van der Waals surface area (Å²) in [5.41, 5.74) is 1.92. The highest BCUT2D eigenvalue weighted by Gasteiger charge is 2.30. The fraction of sp³-hybridized carbons (Fsp3) is 0.316. The summed E-state index contributed by atoms with van der Waals surface area (Å²) in [6, 6.07) is 13.0. The van der Waals surface area contributed by atoms with E-state index in [1.54, 1.807) is 48.5 Å². The van der Waals surface area contributed by atoms with Crippen LogP contribution in [0.25, 0.3) is 0 Å². The summed E-state index contributed by atoms with van der Waals surface area (Å²) >= 11 is 0. The Hall–Kier alpha value is -2.18. The van der Waals surface area contributed by atoms with Crippen molar-refractivity contribution in [3.05, 3.63) is 59.7 Å². The Morgan fingerprint density at radius 3 is 2.20 bits per heavy atom. The molecular formula is C19H21NO4S. The highest BCUT2D eigenvalue weighted by Crippen LogP contribution is 2.24. The maximum atomic E-state index is 12.7. The van der Waals surface area contributed by atoms with E-state index in [0.717, 1.165) is 24.1 Å². The third-order valence-corrected chi connectivity index (χ3v) is 6.38. The van der Waals surface area contributed by atoms with Crippen LogP contribution in [0.2, 0.25) is 0 Å². The lowest BCUT2D eigenvalue weighted by Gasteiger charge is -2.21. The maximum Gasteiger partial charge on any atom is 0.320 e. The number of hydrogen-bond acceptors (Lipinski definition) is 4. The van der Waals surface area contributed by atoms with Crippen LogP contribution >= 0.6 is 0 Å². The number of hydrogen-bond donors (Lipinski definition) is 1. The number of likely N-dealkylation sites (tertiary alicyclic amines) is 1. The molecule has 0 saturated carbocycles. The number of sulfone groups is 1. The number of benzene rings is 2. The standard InChI is InChI=1S/C19H21NO4S/c1-14-4-8-16(9-5-14)25(23,24)17-10-6-15(7-11-17)13-20-12-2-3-18(20)19(21)22/h4-11,18H,2-3,12-13H2,1H3,(H,21,22)/t18-/m1/s1. The number of carboxylic acids is 1. The Balaban J connectivity index is 1.78. The average molecular weight is 359 g/mol. The minimum Gasteiger partial charge on any atom is -0.480 e. The largest absolute Gasteiger partial charge is 0.480 e. The molecule has 1 heterocycles. The summed E-state index contributed by atoms with van der Waals surface area (Å²) < 4.78 is 25.3. The molecule has 0 unspecified atom stereocenters. The Kier molecular flexibility index (Phi) is 4.92. The van der Waals surface area contributed by atoms with Crippen molar-refractivity contribution in [1.29, 1.82) is 0 Å². The average Bonchev–Trinajstić information content (AvgIpc) is 3.04. The van der Waals surface area contributed by atoms with Gasteiger partial charge in [0, 0.05) is 6.54 Å². The smallest absolute Gasteiger partial charge is 0.320 e. The first kappa shape index (κ1) is 17.6. The van der Waals surface area contributed by atoms with Crippen LogP contribution in [0, 0.1) is 6.92 Å². The van der Waals surface area contributed by atoms with Crippen LogP contribution in [0.15, 0.2) is 58.3 Å². The van der Waals surface area contributed by atoms with E-state index in [4.69, 9.17) is 0 Å². The molecule has 1 aliphatic heterocycles.